The lowest BCUT2D eigenvalue weighted by Crippen LogP contribution is -2.33. The van der Waals surface area contributed by atoms with E-state index in [1.165, 1.54) is 0 Å². The summed E-state index contributed by atoms with van der Waals surface area (Å²) in [4.78, 5) is 15.4. The van der Waals surface area contributed by atoms with E-state index >= 15 is 0 Å². The fourth-order valence-corrected chi connectivity index (χ4v) is 1.61. The van der Waals surface area contributed by atoms with E-state index in [9.17, 15) is 4.79 Å². The van der Waals surface area contributed by atoms with E-state index in [0.717, 1.165) is 10.6 Å². The van der Waals surface area contributed by atoms with Gasteiger partial charge in [-0.15, -0.1) is 0 Å². The average molecular weight is 271 g/mol. The monoisotopic (exact) mass is 271 g/mol. The van der Waals surface area contributed by atoms with Gasteiger partial charge in [-0.05, 0) is 34.7 Å². The highest BCUT2D eigenvalue weighted by Gasteiger charge is 2.12. The first-order chi connectivity index (χ1) is 5.77. The topological polar surface area (TPSA) is 29.4 Å². The fraction of sp³-hybridized carbons (Fsp3) is 0.111. The van der Waals surface area contributed by atoms with Gasteiger partial charge in [-0.25, -0.2) is 0 Å². The second-order valence-electron chi connectivity index (χ2n) is 2.57. The maximum absolute atomic E-state index is 11.2. The first kappa shape index (κ1) is 7.91. The molecule has 1 aliphatic rings. The summed E-state index contributed by atoms with van der Waals surface area (Å²) in [5.74, 6) is 0.0781. The Morgan fingerprint density at radius 1 is 1.33 bits per heavy atom. The van der Waals surface area contributed by atoms with Crippen molar-refractivity contribution in [1.29, 1.82) is 0 Å². The van der Waals surface area contributed by atoms with Crippen LogP contribution in [0.5, 0.6) is 0 Å². The third-order valence-corrected chi connectivity index (χ3v) is 2.61. The molecule has 0 aromatic heterocycles. The standard InChI is InChI=1S/C9H6INO/c10-9-8(12)5-6-3-1-2-4-7(6)11-9/h1-5,9H. The van der Waals surface area contributed by atoms with E-state index in [2.05, 4.69) is 4.99 Å². The van der Waals surface area contributed by atoms with Crippen LogP contribution in [0.3, 0.4) is 0 Å². The minimum absolute atomic E-state index is 0.0781. The molecule has 0 bridgehead atoms. The number of fused-ring (bicyclic) bond motifs is 1. The van der Waals surface area contributed by atoms with E-state index in [0.29, 0.717) is 0 Å². The number of hydrogen-bond donors (Lipinski definition) is 0. The Hall–Kier alpha value is -0.710. The molecule has 1 atom stereocenters. The van der Waals surface area contributed by atoms with Crippen LogP contribution in [0.25, 0.3) is 6.08 Å². The molecular weight excluding hydrogens is 265 g/mol. The van der Waals surface area contributed by atoms with Crippen LogP contribution >= 0.6 is 22.6 Å². The number of carbonyl (C=O) groups excluding carboxylic acids is 1. The van der Waals surface area contributed by atoms with Crippen LogP contribution in [0.2, 0.25) is 0 Å². The number of nitrogens with zero attached hydrogens (tertiary/aromatic N) is 1. The van der Waals surface area contributed by atoms with Gasteiger partial charge in [-0.3, -0.25) is 9.79 Å². The van der Waals surface area contributed by atoms with E-state index in [1.807, 2.05) is 46.9 Å². The molecule has 0 radical (unpaired) electrons. The second kappa shape index (κ2) is 2.97. The number of alkyl halides is 1. The zero-order valence-corrected chi connectivity index (χ0v) is 8.36. The number of benzene rings is 1. The Morgan fingerprint density at radius 3 is 2.92 bits per heavy atom. The zero-order chi connectivity index (χ0) is 8.55. The van der Waals surface area contributed by atoms with Crippen LogP contribution in [0.15, 0.2) is 29.3 Å². The van der Waals surface area contributed by atoms with E-state index in [4.69, 9.17) is 0 Å². The lowest BCUT2D eigenvalue weighted by Gasteiger charge is -2.03. The maximum atomic E-state index is 11.2. The van der Waals surface area contributed by atoms with Gasteiger partial charge < -0.3 is 0 Å². The summed E-state index contributed by atoms with van der Waals surface area (Å²) >= 11 is 2.03. The molecule has 2 nitrogen and oxygen atoms in total. The Labute approximate surface area is 83.1 Å². The first-order valence-electron chi connectivity index (χ1n) is 3.60. The van der Waals surface area contributed by atoms with Crippen molar-refractivity contribution in [2.75, 3.05) is 0 Å². The van der Waals surface area contributed by atoms with Gasteiger partial charge in [0, 0.05) is 5.22 Å². The number of para-hydroxylation sites is 1. The average Bonchev–Trinajstić information content (AvgIpc) is 2.07. The van der Waals surface area contributed by atoms with Crippen LogP contribution in [-0.2, 0) is 4.79 Å². The van der Waals surface area contributed by atoms with Gasteiger partial charge in [-0.1, -0.05) is 18.2 Å². The van der Waals surface area contributed by atoms with Gasteiger partial charge in [0.15, 0.2) is 9.83 Å². The van der Waals surface area contributed by atoms with E-state index in [1.54, 1.807) is 6.08 Å². The van der Waals surface area contributed by atoms with Crippen LogP contribution in [0.4, 0.5) is 0 Å². The van der Waals surface area contributed by atoms with Gasteiger partial charge >= 0.3 is 0 Å². The van der Waals surface area contributed by atoms with Gasteiger partial charge in [-0.2, -0.15) is 0 Å². The number of Topliss-reactive ketones (excluding diaryl/α,β-unsaturated/α-hetero) is 1. The van der Waals surface area contributed by atoms with Crippen LogP contribution in [0, 0.1) is 0 Å². The molecule has 0 aliphatic carbocycles. The summed E-state index contributed by atoms with van der Waals surface area (Å²) in [6.07, 6.45) is 1.65. The molecule has 0 spiro atoms. The SMILES string of the molecule is O=C1C=c2ccccc2=NC1I. The molecule has 0 fully saturated rings. The highest BCUT2D eigenvalue weighted by atomic mass is 127. The van der Waals surface area contributed by atoms with Crippen molar-refractivity contribution in [2.24, 2.45) is 4.99 Å². The highest BCUT2D eigenvalue weighted by molar-refractivity contribution is 14.1. The predicted octanol–water partition coefficient (Wildman–Crippen LogP) is 0.430. The van der Waals surface area contributed by atoms with E-state index < -0.39 is 0 Å². The third kappa shape index (κ3) is 1.29. The molecule has 3 heteroatoms. The van der Waals surface area contributed by atoms with Crippen molar-refractivity contribution in [3.63, 3.8) is 0 Å². The van der Waals surface area contributed by atoms with Crippen molar-refractivity contribution in [2.45, 2.75) is 4.05 Å². The molecular formula is C9H6INO. The molecule has 0 amide bonds. The second-order valence-corrected chi connectivity index (χ2v) is 3.75. The Kier molecular flexibility index (Phi) is 1.96. The van der Waals surface area contributed by atoms with Gasteiger partial charge in [0.2, 0.25) is 0 Å². The summed E-state index contributed by atoms with van der Waals surface area (Å²) in [6, 6.07) is 7.66. The smallest absolute Gasteiger partial charge is 0.190 e. The summed E-state index contributed by atoms with van der Waals surface area (Å²) in [5, 5.41) is 1.84. The Balaban J connectivity index is 2.79. The number of rotatable bonds is 0. The van der Waals surface area contributed by atoms with Gasteiger partial charge in [0.25, 0.3) is 0 Å². The third-order valence-electron chi connectivity index (χ3n) is 1.72. The molecule has 1 heterocycles. The van der Waals surface area contributed by atoms with Crippen molar-refractivity contribution in [3.8, 4) is 0 Å². The van der Waals surface area contributed by atoms with E-state index in [-0.39, 0.29) is 9.83 Å². The summed E-state index contributed by atoms with van der Waals surface area (Å²) in [7, 11) is 0. The van der Waals surface area contributed by atoms with Crippen molar-refractivity contribution < 1.29 is 4.79 Å². The Bertz CT molecular complexity index is 438. The molecule has 2 rings (SSSR count). The number of ketones is 1. The summed E-state index contributed by atoms with van der Waals surface area (Å²) in [5.41, 5.74) is 0. The lowest BCUT2D eigenvalue weighted by molar-refractivity contribution is -0.112. The molecule has 12 heavy (non-hydrogen) atoms. The minimum atomic E-state index is -0.238. The van der Waals surface area contributed by atoms with Crippen molar-refractivity contribution >= 4 is 34.5 Å². The van der Waals surface area contributed by atoms with Crippen molar-refractivity contribution in [1.82, 2.24) is 0 Å². The van der Waals surface area contributed by atoms with Crippen LogP contribution < -0.4 is 10.6 Å². The molecule has 1 aromatic rings. The minimum Gasteiger partial charge on any atom is -0.291 e. The number of hydrogen-bond acceptors (Lipinski definition) is 2. The van der Waals surface area contributed by atoms with Gasteiger partial charge in [0.05, 0.1) is 5.36 Å². The van der Waals surface area contributed by atoms with Crippen molar-refractivity contribution in [3.05, 3.63) is 34.8 Å². The molecule has 1 aliphatic heterocycles. The van der Waals surface area contributed by atoms with Crippen LogP contribution in [-0.4, -0.2) is 9.83 Å². The Morgan fingerprint density at radius 2 is 2.08 bits per heavy atom. The lowest BCUT2D eigenvalue weighted by atomic mass is 10.2. The van der Waals surface area contributed by atoms with Gasteiger partial charge in [0.1, 0.15) is 0 Å². The molecule has 60 valence electrons. The molecule has 0 N–H and O–H groups in total. The number of carbonyl (C=O) groups is 1. The summed E-state index contributed by atoms with van der Waals surface area (Å²) in [6.45, 7) is 0. The quantitative estimate of drug-likeness (QED) is 0.382. The highest BCUT2D eigenvalue weighted by Crippen LogP contribution is 2.04. The normalized spacial score (nSPS) is 20.8. The fourth-order valence-electron chi connectivity index (χ4n) is 1.13. The molecule has 1 aromatic carbocycles. The molecule has 1 unspecified atom stereocenters. The zero-order valence-electron chi connectivity index (χ0n) is 6.20. The first-order valence-corrected chi connectivity index (χ1v) is 4.84. The summed E-state index contributed by atoms with van der Waals surface area (Å²) < 4.78 is -0.238. The molecule has 0 saturated heterocycles. The largest absolute Gasteiger partial charge is 0.291 e. The number of halogens is 1. The van der Waals surface area contributed by atoms with Crippen LogP contribution in [0.1, 0.15) is 0 Å². The predicted molar refractivity (Wildman–Crippen MR) is 54.5 cm³/mol. The molecule has 0 saturated carbocycles. The maximum Gasteiger partial charge on any atom is 0.190 e.